The van der Waals surface area contributed by atoms with E-state index in [9.17, 15) is 0 Å². The van der Waals surface area contributed by atoms with E-state index < -0.39 is 0 Å². The predicted molar refractivity (Wildman–Crippen MR) is 35.5 cm³/mol. The third-order valence-corrected chi connectivity index (χ3v) is 0.708. The first-order chi connectivity index (χ1) is 4.20. The van der Waals surface area contributed by atoms with Crippen LogP contribution in [0.5, 0.6) is 0 Å². The summed E-state index contributed by atoms with van der Waals surface area (Å²) in [6.45, 7) is 5.39. The summed E-state index contributed by atoms with van der Waals surface area (Å²) in [6.07, 6.45) is 1.58. The Hall–Kier alpha value is -1.23. The second-order valence-electron chi connectivity index (χ2n) is 1.67. The normalized spacial score (nSPS) is 10.1. The highest BCUT2D eigenvalue weighted by molar-refractivity contribution is 5.23. The van der Waals surface area contributed by atoms with Crippen LogP contribution in [0, 0.1) is 11.3 Å². The number of nitriles is 1. The van der Waals surface area contributed by atoms with E-state index in [0.717, 1.165) is 5.57 Å². The molecule has 0 aliphatic carbocycles. The molecule has 0 unspecified atom stereocenters. The van der Waals surface area contributed by atoms with Crippen molar-refractivity contribution in [1.29, 1.82) is 5.26 Å². The van der Waals surface area contributed by atoms with Crippen molar-refractivity contribution in [3.63, 3.8) is 0 Å². The third-order valence-electron chi connectivity index (χ3n) is 0.708. The molecule has 0 spiro atoms. The van der Waals surface area contributed by atoms with E-state index in [4.69, 9.17) is 5.26 Å². The standard InChI is InChI=1S/C7H9NO/c1-6(2)4-7(5-8)9-3/h4H,1H2,2-3H3. The van der Waals surface area contributed by atoms with E-state index in [0.29, 0.717) is 5.76 Å². The van der Waals surface area contributed by atoms with Crippen LogP contribution in [0.2, 0.25) is 0 Å². The zero-order chi connectivity index (χ0) is 7.28. The monoisotopic (exact) mass is 123 g/mol. The van der Waals surface area contributed by atoms with Gasteiger partial charge in [0.25, 0.3) is 0 Å². The fraction of sp³-hybridized carbons (Fsp3) is 0.286. The Bertz CT molecular complexity index is 174. The molecular formula is C7H9NO. The average Bonchev–Trinajstić information content (AvgIpc) is 1.82. The Morgan fingerprint density at radius 2 is 2.33 bits per heavy atom. The lowest BCUT2D eigenvalue weighted by Gasteiger charge is -1.92. The largest absolute Gasteiger partial charge is 0.487 e. The number of methoxy groups -OCH3 is 1. The minimum absolute atomic E-state index is 0.294. The Morgan fingerprint density at radius 3 is 2.44 bits per heavy atom. The lowest BCUT2D eigenvalue weighted by molar-refractivity contribution is 0.310. The summed E-state index contributed by atoms with van der Waals surface area (Å²) in [6, 6.07) is 1.86. The Morgan fingerprint density at radius 1 is 1.78 bits per heavy atom. The highest BCUT2D eigenvalue weighted by atomic mass is 16.5. The molecule has 9 heavy (non-hydrogen) atoms. The van der Waals surface area contributed by atoms with Crippen LogP contribution in [0.1, 0.15) is 6.92 Å². The predicted octanol–water partition coefficient (Wildman–Crippen LogP) is 1.62. The van der Waals surface area contributed by atoms with E-state index in [1.54, 1.807) is 13.0 Å². The molecule has 0 N–H and O–H groups in total. The zero-order valence-electron chi connectivity index (χ0n) is 5.64. The smallest absolute Gasteiger partial charge is 0.196 e. The van der Waals surface area contributed by atoms with Crippen molar-refractivity contribution in [3.05, 3.63) is 24.0 Å². The molecule has 0 aromatic rings. The maximum absolute atomic E-state index is 8.29. The molecule has 0 aliphatic rings. The first-order valence-corrected chi connectivity index (χ1v) is 2.52. The van der Waals surface area contributed by atoms with E-state index in [1.165, 1.54) is 7.11 Å². The van der Waals surface area contributed by atoms with Gasteiger partial charge in [-0.3, -0.25) is 0 Å². The molecule has 0 saturated heterocycles. The summed E-state index contributed by atoms with van der Waals surface area (Å²) in [4.78, 5) is 0. The summed E-state index contributed by atoms with van der Waals surface area (Å²) < 4.78 is 4.65. The molecule has 0 aromatic carbocycles. The summed E-state index contributed by atoms with van der Waals surface area (Å²) in [7, 11) is 1.46. The number of rotatable bonds is 2. The van der Waals surface area contributed by atoms with Crippen molar-refractivity contribution in [1.82, 2.24) is 0 Å². The van der Waals surface area contributed by atoms with Gasteiger partial charge < -0.3 is 4.74 Å². The Kier molecular flexibility index (Phi) is 3.22. The zero-order valence-corrected chi connectivity index (χ0v) is 5.64. The molecule has 0 radical (unpaired) electrons. The fourth-order valence-corrected chi connectivity index (χ4v) is 0.361. The van der Waals surface area contributed by atoms with Crippen LogP contribution in [0.4, 0.5) is 0 Å². The molecule has 0 aliphatic heterocycles. The average molecular weight is 123 g/mol. The summed E-state index contributed by atoms with van der Waals surface area (Å²) in [5.41, 5.74) is 0.813. The second kappa shape index (κ2) is 3.73. The second-order valence-corrected chi connectivity index (χ2v) is 1.67. The number of ether oxygens (including phenoxy) is 1. The molecule has 0 atom stereocenters. The number of allylic oxidation sites excluding steroid dienone is 3. The highest BCUT2D eigenvalue weighted by Gasteiger charge is 1.88. The molecule has 0 bridgehead atoms. The Labute approximate surface area is 55.1 Å². The minimum Gasteiger partial charge on any atom is -0.487 e. The molecule has 0 fully saturated rings. The van der Waals surface area contributed by atoms with E-state index in [2.05, 4.69) is 11.3 Å². The topological polar surface area (TPSA) is 33.0 Å². The maximum atomic E-state index is 8.29. The summed E-state index contributed by atoms with van der Waals surface area (Å²) >= 11 is 0. The van der Waals surface area contributed by atoms with Gasteiger partial charge in [0.15, 0.2) is 5.76 Å². The number of hydrogen-bond acceptors (Lipinski definition) is 2. The van der Waals surface area contributed by atoms with Crippen LogP contribution < -0.4 is 0 Å². The van der Waals surface area contributed by atoms with Crippen molar-refractivity contribution in [2.75, 3.05) is 7.11 Å². The van der Waals surface area contributed by atoms with Gasteiger partial charge in [-0.1, -0.05) is 12.2 Å². The number of hydrogen-bond donors (Lipinski definition) is 0. The fourth-order valence-electron chi connectivity index (χ4n) is 0.361. The summed E-state index contributed by atoms with van der Waals surface area (Å²) in [5.74, 6) is 0.294. The molecule has 2 nitrogen and oxygen atoms in total. The third kappa shape index (κ3) is 3.36. The molecule has 2 heteroatoms. The van der Waals surface area contributed by atoms with Crippen LogP contribution in [0.15, 0.2) is 24.0 Å². The van der Waals surface area contributed by atoms with E-state index in [1.807, 2.05) is 6.07 Å². The van der Waals surface area contributed by atoms with Gasteiger partial charge in [0.2, 0.25) is 0 Å². The van der Waals surface area contributed by atoms with Gasteiger partial charge in [-0.05, 0) is 13.0 Å². The lowest BCUT2D eigenvalue weighted by Crippen LogP contribution is -1.80. The van der Waals surface area contributed by atoms with E-state index >= 15 is 0 Å². The quantitative estimate of drug-likeness (QED) is 0.317. The van der Waals surface area contributed by atoms with Gasteiger partial charge in [0, 0.05) is 0 Å². The van der Waals surface area contributed by atoms with Gasteiger partial charge in [0.05, 0.1) is 7.11 Å². The van der Waals surface area contributed by atoms with Gasteiger partial charge in [-0.25, -0.2) is 0 Å². The van der Waals surface area contributed by atoms with Gasteiger partial charge in [0.1, 0.15) is 6.07 Å². The highest BCUT2D eigenvalue weighted by Crippen LogP contribution is 1.97. The van der Waals surface area contributed by atoms with Crippen molar-refractivity contribution in [3.8, 4) is 6.07 Å². The maximum Gasteiger partial charge on any atom is 0.196 e. The SMILES string of the molecule is C=C(C)C=C(C#N)OC. The van der Waals surface area contributed by atoms with Crippen molar-refractivity contribution in [2.45, 2.75) is 6.92 Å². The summed E-state index contributed by atoms with van der Waals surface area (Å²) in [5, 5.41) is 8.29. The number of nitrogens with zero attached hydrogens (tertiary/aromatic N) is 1. The van der Waals surface area contributed by atoms with Gasteiger partial charge in [-0.2, -0.15) is 5.26 Å². The minimum atomic E-state index is 0.294. The van der Waals surface area contributed by atoms with Crippen molar-refractivity contribution in [2.24, 2.45) is 0 Å². The lowest BCUT2D eigenvalue weighted by atomic mass is 10.3. The van der Waals surface area contributed by atoms with Gasteiger partial charge >= 0.3 is 0 Å². The van der Waals surface area contributed by atoms with Crippen molar-refractivity contribution >= 4 is 0 Å². The first kappa shape index (κ1) is 7.77. The van der Waals surface area contributed by atoms with E-state index in [-0.39, 0.29) is 0 Å². The van der Waals surface area contributed by atoms with Crippen LogP contribution >= 0.6 is 0 Å². The molecule has 0 saturated carbocycles. The molecule has 0 rings (SSSR count). The van der Waals surface area contributed by atoms with Crippen molar-refractivity contribution < 1.29 is 4.74 Å². The molecule has 0 aromatic heterocycles. The van der Waals surface area contributed by atoms with Crippen LogP contribution in [-0.2, 0) is 4.74 Å². The van der Waals surface area contributed by atoms with Gasteiger partial charge in [-0.15, -0.1) is 0 Å². The Balaban J connectivity index is 4.13. The molecule has 0 heterocycles. The van der Waals surface area contributed by atoms with Crippen LogP contribution in [0.3, 0.4) is 0 Å². The van der Waals surface area contributed by atoms with Crippen LogP contribution in [-0.4, -0.2) is 7.11 Å². The first-order valence-electron chi connectivity index (χ1n) is 2.52. The van der Waals surface area contributed by atoms with Crippen LogP contribution in [0.25, 0.3) is 0 Å². The molecular weight excluding hydrogens is 114 g/mol. The molecule has 0 amide bonds. The molecule has 48 valence electrons.